The zero-order valence-corrected chi connectivity index (χ0v) is 12.9. The van der Waals surface area contributed by atoms with Gasteiger partial charge in [-0.1, -0.05) is 19.3 Å². The van der Waals surface area contributed by atoms with Gasteiger partial charge in [0.25, 0.3) is 0 Å². The maximum atomic E-state index is 6.43. The van der Waals surface area contributed by atoms with Gasteiger partial charge in [-0.25, -0.2) is 0 Å². The minimum absolute atomic E-state index is 0.229. The quantitative estimate of drug-likeness (QED) is 0.905. The van der Waals surface area contributed by atoms with E-state index in [2.05, 4.69) is 21.3 Å². The molecule has 1 atom stereocenters. The van der Waals surface area contributed by atoms with Crippen LogP contribution in [0.2, 0.25) is 0 Å². The van der Waals surface area contributed by atoms with E-state index in [0.717, 1.165) is 19.1 Å². The van der Waals surface area contributed by atoms with E-state index in [4.69, 9.17) is 4.74 Å². The van der Waals surface area contributed by atoms with Crippen LogP contribution in [0, 0.1) is 0 Å². The lowest BCUT2D eigenvalue weighted by molar-refractivity contribution is -0.0688. The lowest BCUT2D eigenvalue weighted by Gasteiger charge is -2.33. The van der Waals surface area contributed by atoms with Gasteiger partial charge in [-0.3, -0.25) is 4.68 Å². The van der Waals surface area contributed by atoms with Crippen molar-refractivity contribution in [2.75, 3.05) is 0 Å². The summed E-state index contributed by atoms with van der Waals surface area (Å²) in [5.74, 6) is 0. The molecule has 116 valence electrons. The van der Waals surface area contributed by atoms with Gasteiger partial charge in [-0.15, -0.1) is 0 Å². The van der Waals surface area contributed by atoms with Crippen molar-refractivity contribution in [3.05, 3.63) is 18.0 Å². The van der Waals surface area contributed by atoms with Gasteiger partial charge >= 0.3 is 0 Å². The summed E-state index contributed by atoms with van der Waals surface area (Å²) in [5.41, 5.74) is 1.53. The Kier molecular flexibility index (Phi) is 3.76. The summed E-state index contributed by atoms with van der Waals surface area (Å²) in [4.78, 5) is 0. The Bertz CT molecular complexity index is 474. The van der Waals surface area contributed by atoms with Crippen molar-refractivity contribution >= 4 is 0 Å². The fraction of sp³-hybridized carbons (Fsp3) is 0.824. The van der Waals surface area contributed by atoms with Crippen LogP contribution < -0.4 is 5.32 Å². The standard InChI is InChI=1S/C17H27N3O/c1-2-7-17(8-3-1)9-6-16(21-17)13-20-12-14(11-19-20)10-18-15-4-5-15/h11-12,15-16,18H,1-10,13H2. The molecule has 4 nitrogen and oxygen atoms in total. The van der Waals surface area contributed by atoms with Gasteiger partial charge in [-0.2, -0.15) is 5.10 Å². The third-order valence-electron chi connectivity index (χ3n) is 5.35. The molecular formula is C17H27N3O. The predicted octanol–water partition coefficient (Wildman–Crippen LogP) is 3.02. The van der Waals surface area contributed by atoms with Gasteiger partial charge in [0.1, 0.15) is 0 Å². The molecule has 0 bridgehead atoms. The molecule has 0 amide bonds. The summed E-state index contributed by atoms with van der Waals surface area (Å²) in [6.45, 7) is 1.88. The van der Waals surface area contributed by atoms with E-state index >= 15 is 0 Å². The number of aromatic nitrogens is 2. The van der Waals surface area contributed by atoms with Crippen LogP contribution in [0.5, 0.6) is 0 Å². The normalized spacial score (nSPS) is 28.3. The summed E-state index contributed by atoms with van der Waals surface area (Å²) >= 11 is 0. The molecule has 4 rings (SSSR count). The molecule has 1 spiro atoms. The van der Waals surface area contributed by atoms with Gasteiger partial charge in [0.2, 0.25) is 0 Å². The summed E-state index contributed by atoms with van der Waals surface area (Å²) in [6, 6.07) is 0.762. The second-order valence-electron chi connectivity index (χ2n) is 7.25. The summed E-state index contributed by atoms with van der Waals surface area (Å²) in [5, 5.41) is 8.05. The molecule has 21 heavy (non-hydrogen) atoms. The average molecular weight is 289 g/mol. The molecule has 1 aromatic heterocycles. The molecule has 2 heterocycles. The van der Waals surface area contributed by atoms with E-state index in [-0.39, 0.29) is 5.60 Å². The van der Waals surface area contributed by atoms with Crippen LogP contribution in [0.15, 0.2) is 12.4 Å². The number of rotatable bonds is 5. The van der Waals surface area contributed by atoms with E-state index in [1.807, 2.05) is 6.20 Å². The number of nitrogens with zero attached hydrogens (tertiary/aromatic N) is 2. The second-order valence-corrected chi connectivity index (χ2v) is 7.25. The molecule has 1 aliphatic heterocycles. The summed E-state index contributed by atoms with van der Waals surface area (Å²) in [7, 11) is 0. The molecule has 3 aliphatic rings. The number of hydrogen-bond acceptors (Lipinski definition) is 3. The van der Waals surface area contributed by atoms with E-state index in [0.29, 0.717) is 6.10 Å². The molecule has 1 aromatic rings. The van der Waals surface area contributed by atoms with E-state index in [9.17, 15) is 0 Å². The molecule has 2 saturated carbocycles. The molecule has 4 heteroatoms. The first-order chi connectivity index (χ1) is 10.3. The van der Waals surface area contributed by atoms with Crippen LogP contribution in [0.25, 0.3) is 0 Å². The van der Waals surface area contributed by atoms with Crippen molar-refractivity contribution in [2.45, 2.75) is 88.6 Å². The molecule has 1 saturated heterocycles. The van der Waals surface area contributed by atoms with Crippen molar-refractivity contribution in [3.8, 4) is 0 Å². The van der Waals surface area contributed by atoms with Crippen molar-refractivity contribution in [2.24, 2.45) is 0 Å². The average Bonchev–Trinajstić information content (AvgIpc) is 3.11. The largest absolute Gasteiger partial charge is 0.370 e. The van der Waals surface area contributed by atoms with E-state index in [1.165, 1.54) is 63.4 Å². The van der Waals surface area contributed by atoms with Crippen LogP contribution in [-0.2, 0) is 17.8 Å². The van der Waals surface area contributed by atoms with E-state index < -0.39 is 0 Å². The van der Waals surface area contributed by atoms with Gasteiger partial charge in [0.05, 0.1) is 24.4 Å². The fourth-order valence-electron chi connectivity index (χ4n) is 3.94. The summed E-state index contributed by atoms with van der Waals surface area (Å²) in [6.07, 6.45) is 16.3. The highest BCUT2D eigenvalue weighted by Crippen LogP contribution is 2.42. The van der Waals surface area contributed by atoms with Gasteiger partial charge in [0.15, 0.2) is 0 Å². The molecular weight excluding hydrogens is 262 g/mol. The zero-order chi connectivity index (χ0) is 14.1. The monoisotopic (exact) mass is 289 g/mol. The Morgan fingerprint density at radius 3 is 2.86 bits per heavy atom. The Labute approximate surface area is 127 Å². The predicted molar refractivity (Wildman–Crippen MR) is 82.0 cm³/mol. The number of hydrogen-bond donors (Lipinski definition) is 1. The minimum Gasteiger partial charge on any atom is -0.370 e. The number of nitrogens with one attached hydrogen (secondary N) is 1. The highest BCUT2D eigenvalue weighted by molar-refractivity contribution is 5.04. The molecule has 1 N–H and O–H groups in total. The van der Waals surface area contributed by atoms with Crippen molar-refractivity contribution < 1.29 is 4.74 Å². The van der Waals surface area contributed by atoms with E-state index in [1.54, 1.807) is 0 Å². The summed E-state index contributed by atoms with van der Waals surface area (Å²) < 4.78 is 8.51. The van der Waals surface area contributed by atoms with Crippen LogP contribution >= 0.6 is 0 Å². The third kappa shape index (κ3) is 3.32. The Hall–Kier alpha value is -0.870. The Morgan fingerprint density at radius 2 is 2.05 bits per heavy atom. The highest BCUT2D eigenvalue weighted by atomic mass is 16.5. The van der Waals surface area contributed by atoms with Crippen molar-refractivity contribution in [1.82, 2.24) is 15.1 Å². The second kappa shape index (κ2) is 5.73. The van der Waals surface area contributed by atoms with Gasteiger partial charge < -0.3 is 10.1 Å². The van der Waals surface area contributed by atoms with Gasteiger partial charge in [0, 0.05) is 24.3 Å². The maximum absolute atomic E-state index is 6.43. The molecule has 3 fully saturated rings. The number of ether oxygens (including phenoxy) is 1. The first-order valence-corrected chi connectivity index (χ1v) is 8.74. The Balaban J connectivity index is 1.29. The SMILES string of the molecule is c1nn(CC2CCC3(CCCCC3)O2)cc1CNC1CC1. The first-order valence-electron chi connectivity index (χ1n) is 8.74. The van der Waals surface area contributed by atoms with Crippen LogP contribution in [0.4, 0.5) is 0 Å². The molecule has 0 radical (unpaired) electrons. The van der Waals surface area contributed by atoms with Crippen molar-refractivity contribution in [3.63, 3.8) is 0 Å². The van der Waals surface area contributed by atoms with Gasteiger partial charge in [-0.05, 0) is 38.5 Å². The van der Waals surface area contributed by atoms with Crippen LogP contribution in [-0.4, -0.2) is 27.5 Å². The maximum Gasteiger partial charge on any atom is 0.0779 e. The molecule has 0 aromatic carbocycles. The molecule has 2 aliphatic carbocycles. The van der Waals surface area contributed by atoms with Crippen molar-refractivity contribution in [1.29, 1.82) is 0 Å². The Morgan fingerprint density at radius 1 is 1.19 bits per heavy atom. The lowest BCUT2D eigenvalue weighted by atomic mass is 9.83. The minimum atomic E-state index is 0.229. The smallest absolute Gasteiger partial charge is 0.0779 e. The van der Waals surface area contributed by atoms with Crippen LogP contribution in [0.3, 0.4) is 0 Å². The fourth-order valence-corrected chi connectivity index (χ4v) is 3.94. The topological polar surface area (TPSA) is 39.1 Å². The molecule has 1 unspecified atom stereocenters. The van der Waals surface area contributed by atoms with Crippen LogP contribution in [0.1, 0.15) is 63.4 Å². The lowest BCUT2D eigenvalue weighted by Crippen LogP contribution is -2.32. The highest BCUT2D eigenvalue weighted by Gasteiger charge is 2.40. The zero-order valence-electron chi connectivity index (χ0n) is 12.9. The third-order valence-corrected chi connectivity index (χ3v) is 5.35. The first kappa shape index (κ1) is 13.8.